The first-order chi connectivity index (χ1) is 9.11. The molecule has 1 aromatic carbocycles. The van der Waals surface area contributed by atoms with Gasteiger partial charge >= 0.3 is 5.97 Å². The number of nitrogens with two attached hydrogens (primary N) is 1. The van der Waals surface area contributed by atoms with E-state index in [1.54, 1.807) is 12.3 Å². The van der Waals surface area contributed by atoms with Gasteiger partial charge in [-0.1, -0.05) is 0 Å². The molecule has 0 aliphatic carbocycles. The predicted molar refractivity (Wildman–Crippen MR) is 72.8 cm³/mol. The van der Waals surface area contributed by atoms with Crippen LogP contribution in [0.5, 0.6) is 0 Å². The number of nitrogens with zero attached hydrogens (tertiary/aromatic N) is 1. The van der Waals surface area contributed by atoms with Crippen molar-refractivity contribution in [1.82, 2.24) is 4.98 Å². The van der Waals surface area contributed by atoms with E-state index < -0.39 is 5.97 Å². The van der Waals surface area contributed by atoms with Crippen LogP contribution >= 0.6 is 11.3 Å². The van der Waals surface area contributed by atoms with Crippen molar-refractivity contribution in [2.45, 2.75) is 0 Å². The summed E-state index contributed by atoms with van der Waals surface area (Å²) in [6.07, 6.45) is 1.59. The molecule has 0 atom stereocenters. The number of pyridine rings is 1. The molecule has 0 fully saturated rings. The van der Waals surface area contributed by atoms with Gasteiger partial charge in [0.1, 0.15) is 10.7 Å². The summed E-state index contributed by atoms with van der Waals surface area (Å²) in [5, 5.41) is 1.29. The summed E-state index contributed by atoms with van der Waals surface area (Å²) >= 11 is 1.19. The number of esters is 1. The van der Waals surface area contributed by atoms with Crippen LogP contribution in [0.1, 0.15) is 9.67 Å². The number of ether oxygens (including phenoxy) is 1. The number of nitrogen functional groups attached to an aromatic ring is 1. The molecule has 0 aliphatic rings. The Labute approximate surface area is 111 Å². The average Bonchev–Trinajstić information content (AvgIpc) is 2.76. The molecule has 3 rings (SSSR count). The molecule has 3 aromatic rings. The van der Waals surface area contributed by atoms with E-state index in [4.69, 9.17) is 5.73 Å². The van der Waals surface area contributed by atoms with Crippen molar-refractivity contribution in [3.63, 3.8) is 0 Å². The number of aromatic nitrogens is 1. The first-order valence-electron chi connectivity index (χ1n) is 5.46. The minimum absolute atomic E-state index is 0.316. The van der Waals surface area contributed by atoms with E-state index in [0.29, 0.717) is 26.9 Å². The summed E-state index contributed by atoms with van der Waals surface area (Å²) in [7, 11) is 1.29. The van der Waals surface area contributed by atoms with E-state index in [-0.39, 0.29) is 5.82 Å². The Morgan fingerprint density at radius 1 is 1.42 bits per heavy atom. The van der Waals surface area contributed by atoms with Crippen molar-refractivity contribution < 1.29 is 13.9 Å². The molecule has 96 valence electrons. The quantitative estimate of drug-likeness (QED) is 0.694. The number of anilines is 1. The zero-order valence-corrected chi connectivity index (χ0v) is 10.8. The highest BCUT2D eigenvalue weighted by atomic mass is 32.1. The molecule has 2 N–H and O–H groups in total. The second-order valence-corrected chi connectivity index (χ2v) is 5.02. The molecule has 0 radical (unpaired) electrons. The van der Waals surface area contributed by atoms with Gasteiger partial charge in [-0.05, 0) is 18.2 Å². The number of fused-ring (bicyclic) bond motifs is 3. The monoisotopic (exact) mass is 276 g/mol. The Hall–Kier alpha value is -2.21. The standard InChI is InChI=1S/C13H9FN2O2S/c1-18-13(17)12-10(15)8-5-16-9-3-2-6(14)4-7(9)11(8)19-12/h2-5H,15H2,1H3. The summed E-state index contributed by atoms with van der Waals surface area (Å²) < 4.78 is 18.8. The van der Waals surface area contributed by atoms with Crippen LogP contribution in [0.2, 0.25) is 0 Å². The lowest BCUT2D eigenvalue weighted by atomic mass is 10.1. The van der Waals surface area contributed by atoms with Crippen LogP contribution < -0.4 is 5.73 Å². The lowest BCUT2D eigenvalue weighted by Gasteiger charge is -1.99. The molecular formula is C13H9FN2O2S. The molecule has 0 unspecified atom stereocenters. The smallest absolute Gasteiger partial charge is 0.350 e. The van der Waals surface area contributed by atoms with Gasteiger partial charge in [0.2, 0.25) is 0 Å². The van der Waals surface area contributed by atoms with Gasteiger partial charge < -0.3 is 10.5 Å². The zero-order chi connectivity index (χ0) is 13.6. The van der Waals surface area contributed by atoms with Crippen molar-refractivity contribution in [2.24, 2.45) is 0 Å². The molecule has 2 heterocycles. The second-order valence-electron chi connectivity index (χ2n) is 4.00. The van der Waals surface area contributed by atoms with Crippen LogP contribution in [0.3, 0.4) is 0 Å². The van der Waals surface area contributed by atoms with E-state index in [2.05, 4.69) is 9.72 Å². The number of carbonyl (C=O) groups excluding carboxylic acids is 1. The predicted octanol–water partition coefficient (Wildman–Crippen LogP) is 2.96. The molecule has 19 heavy (non-hydrogen) atoms. The van der Waals surface area contributed by atoms with Gasteiger partial charge in [0.15, 0.2) is 0 Å². The number of hydrogen-bond acceptors (Lipinski definition) is 5. The summed E-state index contributed by atoms with van der Waals surface area (Å²) in [6, 6.07) is 4.33. The number of hydrogen-bond donors (Lipinski definition) is 1. The fourth-order valence-electron chi connectivity index (χ4n) is 1.97. The Bertz CT molecular complexity index is 813. The van der Waals surface area contributed by atoms with E-state index in [1.807, 2.05) is 0 Å². The number of thiophene rings is 1. The van der Waals surface area contributed by atoms with Crippen LogP contribution in [-0.4, -0.2) is 18.1 Å². The summed E-state index contributed by atoms with van der Waals surface area (Å²) in [6.45, 7) is 0. The Kier molecular flexibility index (Phi) is 2.60. The molecule has 6 heteroatoms. The van der Waals surface area contributed by atoms with E-state index in [1.165, 1.54) is 30.6 Å². The number of halogens is 1. The maximum Gasteiger partial charge on any atom is 0.350 e. The average molecular weight is 276 g/mol. The third-order valence-corrected chi connectivity index (χ3v) is 4.12. The molecule has 0 amide bonds. The topological polar surface area (TPSA) is 65.2 Å². The van der Waals surface area contributed by atoms with E-state index in [0.717, 1.165) is 4.70 Å². The highest BCUT2D eigenvalue weighted by Crippen LogP contribution is 2.37. The van der Waals surface area contributed by atoms with Crippen LogP contribution in [0.25, 0.3) is 21.0 Å². The number of methoxy groups -OCH3 is 1. The molecule has 0 bridgehead atoms. The largest absolute Gasteiger partial charge is 0.465 e. The zero-order valence-electron chi connectivity index (χ0n) is 9.94. The van der Waals surface area contributed by atoms with E-state index >= 15 is 0 Å². The van der Waals surface area contributed by atoms with Crippen molar-refractivity contribution in [1.29, 1.82) is 0 Å². The highest BCUT2D eigenvalue weighted by molar-refractivity contribution is 7.22. The minimum Gasteiger partial charge on any atom is -0.465 e. The first kappa shape index (κ1) is 11.9. The minimum atomic E-state index is -0.497. The lowest BCUT2D eigenvalue weighted by molar-refractivity contribution is 0.0607. The molecule has 0 saturated heterocycles. The normalized spacial score (nSPS) is 11.1. The SMILES string of the molecule is COC(=O)c1sc2c(cnc3ccc(F)cc32)c1N. The van der Waals surface area contributed by atoms with Crippen LogP contribution in [0, 0.1) is 5.82 Å². The highest BCUT2D eigenvalue weighted by Gasteiger charge is 2.18. The van der Waals surface area contributed by atoms with Gasteiger partial charge in [-0.25, -0.2) is 9.18 Å². The van der Waals surface area contributed by atoms with Crippen molar-refractivity contribution in [3.8, 4) is 0 Å². The summed E-state index contributed by atoms with van der Waals surface area (Å²) in [5.74, 6) is -0.850. The van der Waals surface area contributed by atoms with Gasteiger partial charge in [0.05, 0.1) is 18.3 Å². The third kappa shape index (κ3) is 1.72. The Balaban J connectivity index is 2.42. The Morgan fingerprint density at radius 2 is 2.21 bits per heavy atom. The van der Waals surface area contributed by atoms with Crippen LogP contribution in [-0.2, 0) is 4.74 Å². The molecular weight excluding hydrogens is 267 g/mol. The van der Waals surface area contributed by atoms with Crippen LogP contribution in [0.15, 0.2) is 24.4 Å². The number of rotatable bonds is 1. The molecule has 0 saturated carbocycles. The first-order valence-corrected chi connectivity index (χ1v) is 6.28. The fourth-order valence-corrected chi connectivity index (χ4v) is 3.10. The summed E-state index contributed by atoms with van der Waals surface area (Å²) in [5.41, 5.74) is 6.90. The number of benzene rings is 1. The fraction of sp³-hybridized carbons (Fsp3) is 0.0769. The molecule has 4 nitrogen and oxygen atoms in total. The molecule has 0 aliphatic heterocycles. The summed E-state index contributed by atoms with van der Waals surface area (Å²) in [4.78, 5) is 16.2. The van der Waals surface area contributed by atoms with Crippen molar-refractivity contribution in [3.05, 3.63) is 35.1 Å². The van der Waals surface area contributed by atoms with Crippen molar-refractivity contribution in [2.75, 3.05) is 12.8 Å². The lowest BCUT2D eigenvalue weighted by Crippen LogP contribution is -2.01. The Morgan fingerprint density at radius 3 is 2.95 bits per heavy atom. The number of carbonyl (C=O) groups is 1. The maximum atomic E-state index is 13.4. The maximum absolute atomic E-state index is 13.4. The third-order valence-electron chi connectivity index (χ3n) is 2.89. The van der Waals surface area contributed by atoms with Gasteiger partial charge in [-0.15, -0.1) is 11.3 Å². The van der Waals surface area contributed by atoms with Gasteiger partial charge in [-0.3, -0.25) is 4.98 Å². The van der Waals surface area contributed by atoms with Crippen LogP contribution in [0.4, 0.5) is 10.1 Å². The van der Waals surface area contributed by atoms with Crippen molar-refractivity contribution >= 4 is 44.0 Å². The molecule has 0 spiro atoms. The van der Waals surface area contributed by atoms with Gasteiger partial charge in [0, 0.05) is 21.7 Å². The van der Waals surface area contributed by atoms with E-state index in [9.17, 15) is 9.18 Å². The van der Waals surface area contributed by atoms with Gasteiger partial charge in [-0.2, -0.15) is 0 Å². The van der Waals surface area contributed by atoms with Gasteiger partial charge in [0.25, 0.3) is 0 Å². The second kappa shape index (κ2) is 4.17. The molecule has 2 aromatic heterocycles.